The van der Waals surface area contributed by atoms with E-state index in [1.165, 1.54) is 4.90 Å². The number of halogens is 3. The van der Waals surface area contributed by atoms with Gasteiger partial charge in [-0.3, -0.25) is 19.3 Å². The zero-order valence-electron chi connectivity index (χ0n) is 20.2. The number of rotatable bonds is 8. The minimum Gasteiger partial charge on any atom is -0.445 e. The zero-order chi connectivity index (χ0) is 26.2. The molecule has 36 heavy (non-hydrogen) atoms. The number of carbonyl (C=O) groups excluding carboxylic acids is 4. The summed E-state index contributed by atoms with van der Waals surface area (Å²) in [7, 11) is 1.95. The Morgan fingerprint density at radius 2 is 1.81 bits per heavy atom. The lowest BCUT2D eigenvalue weighted by atomic mass is 10.0. The van der Waals surface area contributed by atoms with Crippen LogP contribution in [0.4, 0.5) is 9.18 Å². The number of nitrogens with zero attached hydrogens (tertiary/aromatic N) is 3. The Labute approximate surface area is 219 Å². The topological polar surface area (TPSA) is 99.3 Å². The van der Waals surface area contributed by atoms with Crippen LogP contribution in [0.2, 0.25) is 10.0 Å². The van der Waals surface area contributed by atoms with Gasteiger partial charge in [-0.1, -0.05) is 29.3 Å². The summed E-state index contributed by atoms with van der Waals surface area (Å²) in [5.74, 6) is -1.81. The maximum atomic E-state index is 13.3. The molecule has 0 saturated carbocycles. The van der Waals surface area contributed by atoms with Crippen LogP contribution in [0.5, 0.6) is 0 Å². The van der Waals surface area contributed by atoms with Crippen molar-refractivity contribution in [3.8, 4) is 0 Å². The van der Waals surface area contributed by atoms with E-state index in [1.807, 2.05) is 7.05 Å². The standard InChI is InChI=1S/C24H31Cl2FN4O5/c1-29-8-10-30(11-9-29)22(33)13-19(21(32)14-27)28-23(34)20-4-2-3-7-31(20)24(35)36-15-16-5-6-17(25)18(26)12-16/h5-6,12,19-20H,2-4,7-11,13-15H2,1H3,(H,28,34). The Morgan fingerprint density at radius 3 is 2.47 bits per heavy atom. The number of piperazine rings is 1. The van der Waals surface area contributed by atoms with Crippen LogP contribution in [0.3, 0.4) is 0 Å². The lowest BCUT2D eigenvalue weighted by molar-refractivity contribution is -0.137. The number of ether oxygens (including phenoxy) is 1. The highest BCUT2D eigenvalue weighted by Crippen LogP contribution is 2.24. The lowest BCUT2D eigenvalue weighted by Crippen LogP contribution is -2.56. The van der Waals surface area contributed by atoms with Gasteiger partial charge in [0.25, 0.3) is 0 Å². The molecule has 0 spiro atoms. The van der Waals surface area contributed by atoms with Gasteiger partial charge in [-0.15, -0.1) is 0 Å². The first-order valence-corrected chi connectivity index (χ1v) is 12.7. The summed E-state index contributed by atoms with van der Waals surface area (Å²) < 4.78 is 18.6. The van der Waals surface area contributed by atoms with Crippen molar-refractivity contribution in [1.82, 2.24) is 20.0 Å². The molecule has 2 heterocycles. The van der Waals surface area contributed by atoms with Crippen LogP contribution in [0.25, 0.3) is 0 Å². The second-order valence-corrected chi connectivity index (χ2v) is 9.87. The quantitative estimate of drug-likeness (QED) is 0.540. The van der Waals surface area contributed by atoms with Crippen molar-refractivity contribution < 1.29 is 28.3 Å². The molecule has 3 rings (SSSR count). The maximum absolute atomic E-state index is 13.3. The molecule has 2 saturated heterocycles. The molecular weight excluding hydrogens is 514 g/mol. The fraction of sp³-hybridized carbons (Fsp3) is 0.583. The van der Waals surface area contributed by atoms with Gasteiger partial charge < -0.3 is 19.9 Å². The van der Waals surface area contributed by atoms with Crippen molar-refractivity contribution >= 4 is 46.9 Å². The van der Waals surface area contributed by atoms with Gasteiger partial charge in [0.2, 0.25) is 11.8 Å². The third kappa shape index (κ3) is 7.54. The van der Waals surface area contributed by atoms with Gasteiger partial charge in [0.1, 0.15) is 19.3 Å². The Hall–Kier alpha value is -2.43. The van der Waals surface area contributed by atoms with Crippen molar-refractivity contribution in [3.63, 3.8) is 0 Å². The number of likely N-dealkylation sites (N-methyl/N-ethyl adjacent to an activating group) is 1. The molecule has 1 aromatic rings. The highest BCUT2D eigenvalue weighted by Gasteiger charge is 2.36. The average Bonchev–Trinajstić information content (AvgIpc) is 2.88. The van der Waals surface area contributed by atoms with Crippen molar-refractivity contribution in [2.24, 2.45) is 0 Å². The highest BCUT2D eigenvalue weighted by atomic mass is 35.5. The SMILES string of the molecule is CN1CCN(C(=O)CC(NC(=O)C2CCCCN2C(=O)OCc2ccc(Cl)c(Cl)c2)C(=O)CF)CC1. The summed E-state index contributed by atoms with van der Waals surface area (Å²) in [6.45, 7) is 1.31. The summed E-state index contributed by atoms with van der Waals surface area (Å²) in [4.78, 5) is 55.8. The fourth-order valence-electron chi connectivity index (χ4n) is 4.25. The molecule has 2 aliphatic rings. The van der Waals surface area contributed by atoms with Crippen LogP contribution in [0.1, 0.15) is 31.2 Å². The molecule has 12 heteroatoms. The summed E-state index contributed by atoms with van der Waals surface area (Å²) >= 11 is 11.9. The predicted octanol–water partition coefficient (Wildman–Crippen LogP) is 2.67. The van der Waals surface area contributed by atoms with Gasteiger partial charge >= 0.3 is 6.09 Å². The largest absolute Gasteiger partial charge is 0.445 e. The molecule has 0 aliphatic carbocycles. The van der Waals surface area contributed by atoms with E-state index in [2.05, 4.69) is 10.2 Å². The molecule has 2 fully saturated rings. The number of carbonyl (C=O) groups is 4. The minimum atomic E-state index is -1.30. The summed E-state index contributed by atoms with van der Waals surface area (Å²) in [5.41, 5.74) is 0.631. The first kappa shape index (κ1) is 28.1. The number of likely N-dealkylation sites (tertiary alicyclic amines) is 1. The number of ketones is 1. The second kappa shape index (κ2) is 13.2. The van der Waals surface area contributed by atoms with E-state index in [-0.39, 0.29) is 18.9 Å². The number of hydrogen-bond acceptors (Lipinski definition) is 6. The Morgan fingerprint density at radius 1 is 1.08 bits per heavy atom. The van der Waals surface area contributed by atoms with Crippen molar-refractivity contribution in [2.75, 3.05) is 46.4 Å². The number of hydrogen-bond donors (Lipinski definition) is 1. The molecule has 2 aliphatic heterocycles. The number of Topliss-reactive ketones (excluding diaryl/α,β-unsaturated/α-hetero) is 1. The van der Waals surface area contributed by atoms with Crippen LogP contribution in [-0.2, 0) is 25.7 Å². The fourth-order valence-corrected chi connectivity index (χ4v) is 4.57. The maximum Gasteiger partial charge on any atom is 0.410 e. The van der Waals surface area contributed by atoms with Gasteiger partial charge in [0.05, 0.1) is 22.5 Å². The van der Waals surface area contributed by atoms with Gasteiger partial charge in [-0.05, 0) is 44.0 Å². The summed E-state index contributed by atoms with van der Waals surface area (Å²) in [5, 5.41) is 3.23. The first-order chi connectivity index (χ1) is 17.2. The van der Waals surface area contributed by atoms with Gasteiger partial charge in [0.15, 0.2) is 5.78 Å². The molecule has 2 atom stereocenters. The molecule has 3 amide bonds. The molecule has 0 radical (unpaired) electrons. The predicted molar refractivity (Wildman–Crippen MR) is 133 cm³/mol. The zero-order valence-corrected chi connectivity index (χ0v) is 21.7. The number of amides is 3. The van der Waals surface area contributed by atoms with Crippen LogP contribution in [-0.4, -0.2) is 96.9 Å². The van der Waals surface area contributed by atoms with E-state index in [4.69, 9.17) is 27.9 Å². The summed E-state index contributed by atoms with van der Waals surface area (Å²) in [6.07, 6.45) is 0.711. The molecule has 2 unspecified atom stereocenters. The Balaban J connectivity index is 1.61. The third-order valence-electron chi connectivity index (χ3n) is 6.46. The third-order valence-corrected chi connectivity index (χ3v) is 7.20. The number of piperidine rings is 1. The molecule has 198 valence electrons. The van der Waals surface area contributed by atoms with E-state index in [9.17, 15) is 23.6 Å². The van der Waals surface area contributed by atoms with Crippen LogP contribution < -0.4 is 5.32 Å². The highest BCUT2D eigenvalue weighted by molar-refractivity contribution is 6.42. The smallest absolute Gasteiger partial charge is 0.410 e. The van der Waals surface area contributed by atoms with E-state index in [0.29, 0.717) is 67.6 Å². The average molecular weight is 545 g/mol. The van der Waals surface area contributed by atoms with Gasteiger partial charge in [-0.2, -0.15) is 0 Å². The minimum absolute atomic E-state index is 0.0664. The number of nitrogens with one attached hydrogen (secondary N) is 1. The molecular formula is C24H31Cl2FN4O5. The molecule has 0 aromatic heterocycles. The molecule has 9 nitrogen and oxygen atoms in total. The van der Waals surface area contributed by atoms with E-state index < -0.39 is 36.5 Å². The van der Waals surface area contributed by atoms with Crippen molar-refractivity contribution in [2.45, 2.75) is 44.4 Å². The summed E-state index contributed by atoms with van der Waals surface area (Å²) in [6, 6.07) is 2.66. The molecule has 1 N–H and O–H groups in total. The number of benzene rings is 1. The van der Waals surface area contributed by atoms with Gasteiger partial charge in [0, 0.05) is 32.7 Å². The molecule has 1 aromatic carbocycles. The van der Waals surface area contributed by atoms with Crippen molar-refractivity contribution in [3.05, 3.63) is 33.8 Å². The molecule has 0 bridgehead atoms. The van der Waals surface area contributed by atoms with Crippen LogP contribution in [0.15, 0.2) is 18.2 Å². The van der Waals surface area contributed by atoms with E-state index in [1.54, 1.807) is 23.1 Å². The van der Waals surface area contributed by atoms with Gasteiger partial charge in [-0.25, -0.2) is 9.18 Å². The van der Waals surface area contributed by atoms with Crippen LogP contribution in [0, 0.1) is 0 Å². The second-order valence-electron chi connectivity index (χ2n) is 9.06. The van der Waals surface area contributed by atoms with E-state index >= 15 is 0 Å². The normalized spacial score (nSPS) is 19.5. The monoisotopic (exact) mass is 544 g/mol. The van der Waals surface area contributed by atoms with Crippen LogP contribution >= 0.6 is 23.2 Å². The Bertz CT molecular complexity index is 974. The first-order valence-electron chi connectivity index (χ1n) is 11.9. The van der Waals surface area contributed by atoms with Crippen molar-refractivity contribution in [1.29, 1.82) is 0 Å². The lowest BCUT2D eigenvalue weighted by Gasteiger charge is -2.35. The Kier molecular flexibility index (Phi) is 10.3. The number of alkyl halides is 1. The van der Waals surface area contributed by atoms with E-state index in [0.717, 1.165) is 0 Å².